The molecule has 0 unspecified atom stereocenters. The molecule has 0 atom stereocenters. The molecule has 2 rings (SSSR count). The van der Waals surface area contributed by atoms with Gasteiger partial charge in [0.2, 0.25) is 0 Å². The Morgan fingerprint density at radius 3 is 2.53 bits per heavy atom. The Morgan fingerprint density at radius 2 is 2.00 bits per heavy atom. The number of hydrogen-bond donors (Lipinski definition) is 1. The van der Waals surface area contributed by atoms with Gasteiger partial charge in [-0.1, -0.05) is 28.9 Å². The van der Waals surface area contributed by atoms with Crippen LogP contribution >= 0.6 is 11.6 Å². The van der Waals surface area contributed by atoms with Crippen LogP contribution in [0.3, 0.4) is 0 Å². The molecule has 1 aromatic heterocycles. The van der Waals surface area contributed by atoms with Gasteiger partial charge in [-0.15, -0.1) is 0 Å². The van der Waals surface area contributed by atoms with Crippen LogP contribution in [-0.4, -0.2) is 5.16 Å². The first kappa shape index (κ1) is 10.1. The molecule has 4 heteroatoms. The molecule has 3 nitrogen and oxygen atoms in total. The predicted octanol–water partition coefficient (Wildman–Crippen LogP) is 3.19. The number of anilines is 1. The minimum absolute atomic E-state index is 0.227. The summed E-state index contributed by atoms with van der Waals surface area (Å²) in [6.45, 7) is 4.09. The van der Waals surface area contributed by atoms with E-state index in [1.807, 2.05) is 25.1 Å². The molecule has 2 aromatic rings. The SMILES string of the molecule is Cc1ccc(-c2onc(N)c2Cl)cc1C. The first-order chi connectivity index (χ1) is 7.09. The summed E-state index contributed by atoms with van der Waals surface area (Å²) in [6.07, 6.45) is 0. The summed E-state index contributed by atoms with van der Waals surface area (Å²) in [6, 6.07) is 5.95. The summed E-state index contributed by atoms with van der Waals surface area (Å²) < 4.78 is 5.07. The van der Waals surface area contributed by atoms with Crippen LogP contribution in [0, 0.1) is 13.8 Å². The van der Waals surface area contributed by atoms with E-state index in [0.29, 0.717) is 10.8 Å². The fourth-order valence-electron chi connectivity index (χ4n) is 1.35. The average molecular weight is 223 g/mol. The first-order valence-corrected chi connectivity index (χ1v) is 4.95. The Labute approximate surface area is 92.8 Å². The van der Waals surface area contributed by atoms with Crippen molar-refractivity contribution in [2.75, 3.05) is 5.73 Å². The van der Waals surface area contributed by atoms with E-state index in [9.17, 15) is 0 Å². The van der Waals surface area contributed by atoms with E-state index in [2.05, 4.69) is 12.1 Å². The predicted molar refractivity (Wildman–Crippen MR) is 60.8 cm³/mol. The molecule has 0 radical (unpaired) electrons. The summed E-state index contributed by atoms with van der Waals surface area (Å²) in [7, 11) is 0. The van der Waals surface area contributed by atoms with Crippen molar-refractivity contribution in [3.05, 3.63) is 34.3 Å². The summed E-state index contributed by atoms with van der Waals surface area (Å²) in [5, 5.41) is 3.99. The van der Waals surface area contributed by atoms with Crippen LogP contribution < -0.4 is 5.73 Å². The Morgan fingerprint density at radius 1 is 1.27 bits per heavy atom. The molecule has 1 aromatic carbocycles. The fourth-order valence-corrected chi connectivity index (χ4v) is 1.53. The third-order valence-electron chi connectivity index (χ3n) is 2.43. The maximum atomic E-state index is 5.95. The fraction of sp³-hybridized carbons (Fsp3) is 0.182. The summed E-state index contributed by atoms with van der Waals surface area (Å²) in [5.74, 6) is 0.752. The van der Waals surface area contributed by atoms with Crippen LogP contribution in [0.4, 0.5) is 5.82 Å². The van der Waals surface area contributed by atoms with Gasteiger partial charge in [0.05, 0.1) is 0 Å². The Kier molecular flexibility index (Phi) is 2.40. The standard InChI is InChI=1S/C11H11ClN2O/c1-6-3-4-8(5-7(6)2)10-9(12)11(13)14-15-10/h3-5H,1-2H3,(H2,13,14). The van der Waals surface area contributed by atoms with Gasteiger partial charge < -0.3 is 10.3 Å². The molecule has 0 amide bonds. The van der Waals surface area contributed by atoms with Crippen molar-refractivity contribution in [3.8, 4) is 11.3 Å². The highest BCUT2D eigenvalue weighted by atomic mass is 35.5. The van der Waals surface area contributed by atoms with Gasteiger partial charge in [-0.05, 0) is 31.0 Å². The second kappa shape index (κ2) is 3.59. The van der Waals surface area contributed by atoms with Gasteiger partial charge >= 0.3 is 0 Å². The topological polar surface area (TPSA) is 52.0 Å². The van der Waals surface area contributed by atoms with Gasteiger partial charge in [0, 0.05) is 5.56 Å². The molecule has 0 aliphatic rings. The van der Waals surface area contributed by atoms with Crippen LogP contribution in [0.1, 0.15) is 11.1 Å². The molecule has 0 aliphatic heterocycles. The molecular weight excluding hydrogens is 212 g/mol. The molecule has 2 N–H and O–H groups in total. The lowest BCUT2D eigenvalue weighted by Gasteiger charge is -2.01. The maximum absolute atomic E-state index is 5.95. The van der Waals surface area contributed by atoms with Crippen LogP contribution in [-0.2, 0) is 0 Å². The number of nitrogen functional groups attached to an aromatic ring is 1. The molecule has 0 saturated heterocycles. The van der Waals surface area contributed by atoms with Crippen molar-refractivity contribution >= 4 is 17.4 Å². The highest BCUT2D eigenvalue weighted by Gasteiger charge is 2.13. The lowest BCUT2D eigenvalue weighted by Crippen LogP contribution is -1.84. The zero-order chi connectivity index (χ0) is 11.0. The van der Waals surface area contributed by atoms with E-state index in [1.165, 1.54) is 11.1 Å². The number of nitrogens with two attached hydrogens (primary N) is 1. The van der Waals surface area contributed by atoms with Gasteiger partial charge in [0.1, 0.15) is 5.02 Å². The number of rotatable bonds is 1. The van der Waals surface area contributed by atoms with Crippen LogP contribution in [0.5, 0.6) is 0 Å². The van der Waals surface area contributed by atoms with Gasteiger partial charge in [-0.3, -0.25) is 0 Å². The van der Waals surface area contributed by atoms with Crippen LogP contribution in [0.25, 0.3) is 11.3 Å². The maximum Gasteiger partial charge on any atom is 0.187 e. The molecule has 0 saturated carbocycles. The molecule has 78 valence electrons. The van der Waals surface area contributed by atoms with E-state index < -0.39 is 0 Å². The normalized spacial score (nSPS) is 10.6. The molecule has 0 aliphatic carbocycles. The minimum Gasteiger partial charge on any atom is -0.380 e. The quantitative estimate of drug-likeness (QED) is 0.806. The zero-order valence-electron chi connectivity index (χ0n) is 8.54. The van der Waals surface area contributed by atoms with Gasteiger partial charge in [0.15, 0.2) is 11.6 Å². The van der Waals surface area contributed by atoms with E-state index in [1.54, 1.807) is 0 Å². The summed E-state index contributed by atoms with van der Waals surface area (Å²) in [5.41, 5.74) is 8.81. The van der Waals surface area contributed by atoms with E-state index in [-0.39, 0.29) is 5.82 Å². The third-order valence-corrected chi connectivity index (χ3v) is 2.79. The second-order valence-corrected chi connectivity index (χ2v) is 3.89. The van der Waals surface area contributed by atoms with Crippen molar-refractivity contribution in [2.24, 2.45) is 0 Å². The van der Waals surface area contributed by atoms with E-state index >= 15 is 0 Å². The molecule has 1 heterocycles. The molecule has 0 fully saturated rings. The summed E-state index contributed by atoms with van der Waals surface area (Å²) >= 11 is 5.95. The number of aryl methyl sites for hydroxylation is 2. The van der Waals surface area contributed by atoms with E-state index in [4.69, 9.17) is 21.9 Å². The van der Waals surface area contributed by atoms with E-state index in [0.717, 1.165) is 5.56 Å². The van der Waals surface area contributed by atoms with Crippen molar-refractivity contribution in [1.29, 1.82) is 0 Å². The monoisotopic (exact) mass is 222 g/mol. The first-order valence-electron chi connectivity index (χ1n) is 4.58. The Bertz CT molecular complexity index is 505. The third kappa shape index (κ3) is 1.70. The number of halogens is 1. The summed E-state index contributed by atoms with van der Waals surface area (Å²) in [4.78, 5) is 0. The minimum atomic E-state index is 0.227. The highest BCUT2D eigenvalue weighted by Crippen LogP contribution is 2.32. The average Bonchev–Trinajstić information content (AvgIpc) is 2.53. The number of hydrogen-bond acceptors (Lipinski definition) is 3. The van der Waals surface area contributed by atoms with Gasteiger partial charge in [-0.25, -0.2) is 0 Å². The molecule has 0 spiro atoms. The largest absolute Gasteiger partial charge is 0.380 e. The van der Waals surface area contributed by atoms with Gasteiger partial charge in [-0.2, -0.15) is 0 Å². The highest BCUT2D eigenvalue weighted by molar-refractivity contribution is 6.35. The smallest absolute Gasteiger partial charge is 0.187 e. The van der Waals surface area contributed by atoms with Crippen molar-refractivity contribution in [2.45, 2.75) is 13.8 Å². The van der Waals surface area contributed by atoms with Crippen molar-refractivity contribution in [1.82, 2.24) is 5.16 Å². The Balaban J connectivity index is 2.55. The van der Waals surface area contributed by atoms with Crippen LogP contribution in [0.2, 0.25) is 5.02 Å². The second-order valence-electron chi connectivity index (χ2n) is 3.51. The van der Waals surface area contributed by atoms with Crippen LogP contribution in [0.15, 0.2) is 22.7 Å². The number of aromatic nitrogens is 1. The zero-order valence-corrected chi connectivity index (χ0v) is 9.30. The lowest BCUT2D eigenvalue weighted by molar-refractivity contribution is 0.436. The Hall–Kier alpha value is -1.48. The number of benzene rings is 1. The molecular formula is C11H11ClN2O. The molecule has 0 bridgehead atoms. The lowest BCUT2D eigenvalue weighted by atomic mass is 10.1. The van der Waals surface area contributed by atoms with Gasteiger partial charge in [0.25, 0.3) is 0 Å². The molecule has 15 heavy (non-hydrogen) atoms. The van der Waals surface area contributed by atoms with Crippen molar-refractivity contribution < 1.29 is 4.52 Å². The van der Waals surface area contributed by atoms with Crippen molar-refractivity contribution in [3.63, 3.8) is 0 Å². The number of nitrogens with zero attached hydrogens (tertiary/aromatic N) is 1.